The van der Waals surface area contributed by atoms with E-state index in [2.05, 4.69) is 5.32 Å². The first kappa shape index (κ1) is 21.3. The lowest BCUT2D eigenvalue weighted by Crippen LogP contribution is -2.42. The number of piperidine rings is 1. The summed E-state index contributed by atoms with van der Waals surface area (Å²) < 4.78 is 31.9. The number of benzene rings is 2. The van der Waals surface area contributed by atoms with Gasteiger partial charge < -0.3 is 10.1 Å². The van der Waals surface area contributed by atoms with E-state index >= 15 is 0 Å². The number of methoxy groups -OCH3 is 1. The summed E-state index contributed by atoms with van der Waals surface area (Å²) in [5.41, 5.74) is 1.86. The lowest BCUT2D eigenvalue weighted by Gasteiger charge is -2.30. The standard InChI is InChI=1S/C22H28N2O4S/c1-28-21-11-9-20(10-12-21)23-22(25)19-13-15-24(16-14-19)29(26,27)17-5-8-18-6-3-2-4-7-18/h2-4,6-7,9-12,19H,5,8,13-17H2,1H3,(H,23,25). The first-order valence-corrected chi connectivity index (χ1v) is 11.6. The molecule has 29 heavy (non-hydrogen) atoms. The van der Waals surface area contributed by atoms with E-state index in [1.165, 1.54) is 4.31 Å². The van der Waals surface area contributed by atoms with Crippen LogP contribution in [0.5, 0.6) is 5.75 Å². The van der Waals surface area contributed by atoms with Crippen LogP contribution in [0.3, 0.4) is 0 Å². The normalized spacial score (nSPS) is 15.8. The van der Waals surface area contributed by atoms with Crippen molar-refractivity contribution in [3.8, 4) is 5.75 Å². The molecule has 0 atom stereocenters. The Morgan fingerprint density at radius 1 is 1.07 bits per heavy atom. The molecular weight excluding hydrogens is 388 g/mol. The van der Waals surface area contributed by atoms with E-state index in [0.29, 0.717) is 38.0 Å². The van der Waals surface area contributed by atoms with Crippen molar-refractivity contribution >= 4 is 21.6 Å². The van der Waals surface area contributed by atoms with Crippen molar-refractivity contribution in [2.45, 2.75) is 25.7 Å². The minimum atomic E-state index is -3.28. The monoisotopic (exact) mass is 416 g/mol. The van der Waals surface area contributed by atoms with Crippen LogP contribution in [0, 0.1) is 5.92 Å². The summed E-state index contributed by atoms with van der Waals surface area (Å²) in [5.74, 6) is 0.642. The molecule has 0 saturated carbocycles. The molecule has 1 saturated heterocycles. The van der Waals surface area contributed by atoms with E-state index in [1.807, 2.05) is 30.3 Å². The third-order valence-corrected chi connectivity index (χ3v) is 7.24. The number of sulfonamides is 1. The van der Waals surface area contributed by atoms with Crippen molar-refractivity contribution in [2.24, 2.45) is 5.92 Å². The SMILES string of the molecule is COc1ccc(NC(=O)C2CCN(S(=O)(=O)CCCc3ccccc3)CC2)cc1. The lowest BCUT2D eigenvalue weighted by molar-refractivity contribution is -0.120. The van der Waals surface area contributed by atoms with Crippen LogP contribution in [-0.4, -0.2) is 44.6 Å². The maximum absolute atomic E-state index is 12.6. The van der Waals surface area contributed by atoms with Crippen LogP contribution in [0.15, 0.2) is 54.6 Å². The molecule has 1 aliphatic heterocycles. The molecule has 1 fully saturated rings. The van der Waals surface area contributed by atoms with Gasteiger partial charge in [-0.3, -0.25) is 4.79 Å². The third-order valence-electron chi connectivity index (χ3n) is 5.29. The highest BCUT2D eigenvalue weighted by Gasteiger charge is 2.30. The van der Waals surface area contributed by atoms with Crippen LogP contribution >= 0.6 is 0 Å². The molecule has 0 spiro atoms. The quantitative estimate of drug-likeness (QED) is 0.716. The summed E-state index contributed by atoms with van der Waals surface area (Å²) in [7, 11) is -1.69. The van der Waals surface area contributed by atoms with Gasteiger partial charge in [-0.15, -0.1) is 0 Å². The third kappa shape index (κ3) is 6.05. The summed E-state index contributed by atoms with van der Waals surface area (Å²) in [4.78, 5) is 12.5. The molecule has 1 heterocycles. The Morgan fingerprint density at radius 3 is 2.34 bits per heavy atom. The highest BCUT2D eigenvalue weighted by atomic mass is 32.2. The highest BCUT2D eigenvalue weighted by molar-refractivity contribution is 7.89. The Bertz CT molecular complexity index is 890. The second kappa shape index (κ2) is 9.89. The first-order chi connectivity index (χ1) is 14.0. The lowest BCUT2D eigenvalue weighted by atomic mass is 9.97. The van der Waals surface area contributed by atoms with Gasteiger partial charge in [-0.2, -0.15) is 0 Å². The van der Waals surface area contributed by atoms with Crippen LogP contribution in [-0.2, 0) is 21.2 Å². The molecule has 6 nitrogen and oxygen atoms in total. The summed E-state index contributed by atoms with van der Waals surface area (Å²) in [5, 5.41) is 2.91. The smallest absolute Gasteiger partial charge is 0.227 e. The summed E-state index contributed by atoms with van der Waals surface area (Å²) in [6, 6.07) is 17.1. The minimum absolute atomic E-state index is 0.0590. The molecule has 1 aliphatic rings. The molecule has 3 rings (SSSR count). The number of nitrogens with one attached hydrogen (secondary N) is 1. The number of carbonyl (C=O) groups excluding carboxylic acids is 1. The Hall–Kier alpha value is -2.38. The Labute approximate surface area is 172 Å². The van der Waals surface area contributed by atoms with Gasteiger partial charge >= 0.3 is 0 Å². The van der Waals surface area contributed by atoms with Crippen molar-refractivity contribution in [1.82, 2.24) is 4.31 Å². The number of nitrogens with zero attached hydrogens (tertiary/aromatic N) is 1. The van der Waals surface area contributed by atoms with Crippen LogP contribution < -0.4 is 10.1 Å². The predicted molar refractivity (Wildman–Crippen MR) is 114 cm³/mol. The topological polar surface area (TPSA) is 75.7 Å². The maximum Gasteiger partial charge on any atom is 0.227 e. The van der Waals surface area contributed by atoms with E-state index in [1.54, 1.807) is 31.4 Å². The molecule has 2 aromatic rings. The molecule has 1 N–H and O–H groups in total. The van der Waals surface area contributed by atoms with Crippen molar-refractivity contribution in [3.63, 3.8) is 0 Å². The van der Waals surface area contributed by atoms with Crippen LogP contribution in [0.1, 0.15) is 24.8 Å². The van der Waals surface area contributed by atoms with Gasteiger partial charge in [0.2, 0.25) is 15.9 Å². The zero-order chi connectivity index (χ0) is 20.7. The van der Waals surface area contributed by atoms with E-state index in [0.717, 1.165) is 17.7 Å². The van der Waals surface area contributed by atoms with Crippen molar-refractivity contribution in [2.75, 3.05) is 31.3 Å². The minimum Gasteiger partial charge on any atom is -0.497 e. The summed E-state index contributed by atoms with van der Waals surface area (Å²) >= 11 is 0. The van der Waals surface area contributed by atoms with Gasteiger partial charge in [-0.25, -0.2) is 12.7 Å². The second-order valence-electron chi connectivity index (χ2n) is 7.30. The van der Waals surface area contributed by atoms with Gasteiger partial charge in [0.05, 0.1) is 12.9 Å². The number of ether oxygens (including phenoxy) is 1. The first-order valence-electron chi connectivity index (χ1n) is 9.94. The van der Waals surface area contributed by atoms with Gasteiger partial charge in [0.15, 0.2) is 0 Å². The van der Waals surface area contributed by atoms with E-state index in [-0.39, 0.29) is 17.6 Å². The zero-order valence-corrected chi connectivity index (χ0v) is 17.5. The number of carbonyl (C=O) groups is 1. The van der Waals surface area contributed by atoms with Gasteiger partial charge in [-0.1, -0.05) is 30.3 Å². The highest BCUT2D eigenvalue weighted by Crippen LogP contribution is 2.23. The van der Waals surface area contributed by atoms with E-state index in [4.69, 9.17) is 4.74 Å². The molecule has 0 unspecified atom stereocenters. The molecule has 7 heteroatoms. The van der Waals surface area contributed by atoms with Gasteiger partial charge in [-0.05, 0) is 55.5 Å². The average Bonchev–Trinajstić information content (AvgIpc) is 2.75. The average molecular weight is 417 g/mol. The van der Waals surface area contributed by atoms with Crippen LogP contribution in [0.4, 0.5) is 5.69 Å². The number of amides is 1. The fourth-order valence-electron chi connectivity index (χ4n) is 3.55. The van der Waals surface area contributed by atoms with Gasteiger partial charge in [0.1, 0.15) is 5.75 Å². The van der Waals surface area contributed by atoms with Crippen LogP contribution in [0.25, 0.3) is 0 Å². The fraction of sp³-hybridized carbons (Fsp3) is 0.409. The number of hydrogen-bond donors (Lipinski definition) is 1. The van der Waals surface area contributed by atoms with Crippen molar-refractivity contribution in [3.05, 3.63) is 60.2 Å². The number of hydrogen-bond acceptors (Lipinski definition) is 4. The molecule has 156 valence electrons. The van der Waals surface area contributed by atoms with Gasteiger partial charge in [0, 0.05) is 24.7 Å². The Balaban J connectivity index is 1.45. The zero-order valence-electron chi connectivity index (χ0n) is 16.7. The van der Waals surface area contributed by atoms with Gasteiger partial charge in [0.25, 0.3) is 0 Å². The predicted octanol–water partition coefficient (Wildman–Crippen LogP) is 3.31. The van der Waals surface area contributed by atoms with Crippen molar-refractivity contribution < 1.29 is 17.9 Å². The molecule has 0 bridgehead atoms. The molecule has 0 aliphatic carbocycles. The Kier molecular flexibility index (Phi) is 7.28. The van der Waals surface area contributed by atoms with Crippen molar-refractivity contribution in [1.29, 1.82) is 0 Å². The van der Waals surface area contributed by atoms with E-state index < -0.39 is 10.0 Å². The Morgan fingerprint density at radius 2 is 1.72 bits per heavy atom. The molecule has 1 amide bonds. The summed E-state index contributed by atoms with van der Waals surface area (Å²) in [6.45, 7) is 0.794. The maximum atomic E-state index is 12.6. The molecule has 2 aromatic carbocycles. The molecule has 0 aromatic heterocycles. The molecular formula is C22H28N2O4S. The largest absolute Gasteiger partial charge is 0.497 e. The summed E-state index contributed by atoms with van der Waals surface area (Å²) in [6.07, 6.45) is 2.44. The fourth-order valence-corrected chi connectivity index (χ4v) is 5.08. The second-order valence-corrected chi connectivity index (χ2v) is 9.38. The number of rotatable bonds is 8. The number of aryl methyl sites for hydroxylation is 1. The van der Waals surface area contributed by atoms with E-state index in [9.17, 15) is 13.2 Å². The van der Waals surface area contributed by atoms with Crippen LogP contribution in [0.2, 0.25) is 0 Å². The molecule has 0 radical (unpaired) electrons. The number of anilines is 1.